The Labute approximate surface area is 119 Å². The van der Waals surface area contributed by atoms with E-state index in [1.807, 2.05) is 0 Å². The van der Waals surface area contributed by atoms with Gasteiger partial charge in [0.1, 0.15) is 18.2 Å². The number of benzene rings is 1. The summed E-state index contributed by atoms with van der Waals surface area (Å²) in [6.45, 7) is 0.414. The van der Waals surface area contributed by atoms with E-state index in [1.165, 1.54) is 25.2 Å². The van der Waals surface area contributed by atoms with Crippen LogP contribution < -0.4 is 10.5 Å². The van der Waals surface area contributed by atoms with Crippen molar-refractivity contribution < 1.29 is 27.1 Å². The molecule has 0 aliphatic carbocycles. The van der Waals surface area contributed by atoms with E-state index in [0.717, 1.165) is 11.0 Å². The van der Waals surface area contributed by atoms with Gasteiger partial charge in [-0.15, -0.1) is 0 Å². The number of nitrogens with zero attached hydrogens (tertiary/aromatic N) is 1. The molecule has 21 heavy (non-hydrogen) atoms. The number of amides is 1. The third kappa shape index (κ3) is 4.32. The number of alkyl halides is 3. The SMILES string of the molecule is CN(CCOc1cccc(F)c1)C(=O)C(C)(N)C(F)(F)F. The van der Waals surface area contributed by atoms with Crippen LogP contribution >= 0.6 is 0 Å². The van der Waals surface area contributed by atoms with Crippen molar-refractivity contribution in [2.24, 2.45) is 5.73 Å². The highest BCUT2D eigenvalue weighted by atomic mass is 19.4. The molecule has 1 atom stereocenters. The standard InChI is InChI=1S/C13H16F4N2O2/c1-12(18,13(15,16)17)11(20)19(2)6-7-21-10-5-3-4-9(14)8-10/h3-5,8H,6-7,18H2,1-2H3. The van der Waals surface area contributed by atoms with E-state index in [-0.39, 0.29) is 18.9 Å². The molecule has 0 aliphatic heterocycles. The Kier molecular flexibility index (Phi) is 5.16. The second-order valence-electron chi connectivity index (χ2n) is 4.73. The minimum absolute atomic E-state index is 0.0837. The molecule has 2 N–H and O–H groups in total. The lowest BCUT2D eigenvalue weighted by molar-refractivity contribution is -0.193. The Morgan fingerprint density at radius 1 is 1.38 bits per heavy atom. The summed E-state index contributed by atoms with van der Waals surface area (Å²) < 4.78 is 55.9. The van der Waals surface area contributed by atoms with Crippen LogP contribution in [0.5, 0.6) is 5.75 Å². The molecule has 1 unspecified atom stereocenters. The Bertz CT molecular complexity index is 503. The summed E-state index contributed by atoms with van der Waals surface area (Å²) in [7, 11) is 1.19. The van der Waals surface area contributed by atoms with Gasteiger partial charge in [-0.2, -0.15) is 13.2 Å². The van der Waals surface area contributed by atoms with Crippen molar-refractivity contribution in [3.05, 3.63) is 30.1 Å². The second kappa shape index (κ2) is 6.30. The zero-order chi connectivity index (χ0) is 16.3. The first-order chi connectivity index (χ1) is 9.55. The Balaban J connectivity index is 2.54. The van der Waals surface area contributed by atoms with Crippen LogP contribution in [0.2, 0.25) is 0 Å². The first-order valence-corrected chi connectivity index (χ1v) is 6.05. The third-order valence-electron chi connectivity index (χ3n) is 2.87. The van der Waals surface area contributed by atoms with Gasteiger partial charge in [-0.3, -0.25) is 4.79 Å². The molecular weight excluding hydrogens is 292 g/mol. The van der Waals surface area contributed by atoms with Gasteiger partial charge < -0.3 is 15.4 Å². The molecule has 0 radical (unpaired) electrons. The molecule has 4 nitrogen and oxygen atoms in total. The minimum atomic E-state index is -4.85. The Morgan fingerprint density at radius 3 is 2.52 bits per heavy atom. The van der Waals surface area contributed by atoms with Gasteiger partial charge in [0, 0.05) is 13.1 Å². The second-order valence-corrected chi connectivity index (χ2v) is 4.73. The van der Waals surface area contributed by atoms with Crippen LogP contribution in [-0.4, -0.2) is 42.7 Å². The van der Waals surface area contributed by atoms with Crippen LogP contribution in [0.4, 0.5) is 17.6 Å². The first kappa shape index (κ1) is 17.2. The highest BCUT2D eigenvalue weighted by molar-refractivity contribution is 5.86. The number of carbonyl (C=O) groups is 1. The zero-order valence-corrected chi connectivity index (χ0v) is 11.6. The van der Waals surface area contributed by atoms with Crippen molar-refractivity contribution in [1.82, 2.24) is 4.90 Å². The van der Waals surface area contributed by atoms with Crippen LogP contribution in [-0.2, 0) is 4.79 Å². The molecule has 0 spiro atoms. The Morgan fingerprint density at radius 2 is 2.00 bits per heavy atom. The number of nitrogens with two attached hydrogens (primary N) is 1. The lowest BCUT2D eigenvalue weighted by atomic mass is 10.0. The van der Waals surface area contributed by atoms with Crippen molar-refractivity contribution in [2.45, 2.75) is 18.6 Å². The van der Waals surface area contributed by atoms with Crippen molar-refractivity contribution >= 4 is 5.91 Å². The number of likely N-dealkylation sites (N-methyl/N-ethyl adjacent to an activating group) is 1. The summed E-state index contributed by atoms with van der Waals surface area (Å²) in [6.07, 6.45) is -4.85. The van der Waals surface area contributed by atoms with Gasteiger partial charge in [0.05, 0.1) is 6.54 Å². The monoisotopic (exact) mass is 308 g/mol. The van der Waals surface area contributed by atoms with E-state index in [2.05, 4.69) is 0 Å². The summed E-state index contributed by atoms with van der Waals surface area (Å²) in [6, 6.07) is 5.28. The van der Waals surface area contributed by atoms with Crippen molar-refractivity contribution in [1.29, 1.82) is 0 Å². The van der Waals surface area contributed by atoms with Crippen LogP contribution in [0.25, 0.3) is 0 Å². The fourth-order valence-corrected chi connectivity index (χ4v) is 1.48. The maximum atomic E-state index is 12.9. The van der Waals surface area contributed by atoms with Gasteiger partial charge >= 0.3 is 6.18 Å². The topological polar surface area (TPSA) is 55.6 Å². The Hall–Kier alpha value is -1.83. The molecule has 0 aliphatic rings. The molecule has 0 bridgehead atoms. The van der Waals surface area contributed by atoms with Gasteiger partial charge in [0.2, 0.25) is 0 Å². The van der Waals surface area contributed by atoms with Gasteiger partial charge in [0.25, 0.3) is 5.91 Å². The fourth-order valence-electron chi connectivity index (χ4n) is 1.48. The minimum Gasteiger partial charge on any atom is -0.492 e. The predicted molar refractivity (Wildman–Crippen MR) is 68.2 cm³/mol. The van der Waals surface area contributed by atoms with Crippen molar-refractivity contribution in [3.8, 4) is 5.75 Å². The van der Waals surface area contributed by atoms with Crippen molar-refractivity contribution in [2.75, 3.05) is 20.2 Å². The number of rotatable bonds is 5. The molecule has 0 heterocycles. The summed E-state index contributed by atoms with van der Waals surface area (Å²) in [5.41, 5.74) is 2.08. The molecule has 8 heteroatoms. The summed E-state index contributed by atoms with van der Waals surface area (Å²) in [5.74, 6) is -1.54. The molecule has 1 amide bonds. The van der Waals surface area contributed by atoms with Crippen molar-refractivity contribution in [3.63, 3.8) is 0 Å². The van der Waals surface area contributed by atoms with E-state index in [9.17, 15) is 22.4 Å². The van der Waals surface area contributed by atoms with Gasteiger partial charge in [0.15, 0.2) is 5.54 Å². The highest BCUT2D eigenvalue weighted by Crippen LogP contribution is 2.29. The molecule has 1 aromatic rings. The predicted octanol–water partition coefficient (Wildman–Crippen LogP) is 1.94. The average Bonchev–Trinajstić information content (AvgIpc) is 2.36. The van der Waals surface area contributed by atoms with Gasteiger partial charge in [-0.1, -0.05) is 6.07 Å². The number of ether oxygens (including phenoxy) is 1. The summed E-state index contributed by atoms with van der Waals surface area (Å²) in [5, 5.41) is 0. The van der Waals surface area contributed by atoms with Gasteiger partial charge in [-0.25, -0.2) is 4.39 Å². The van der Waals surface area contributed by atoms with E-state index in [4.69, 9.17) is 10.5 Å². The quantitative estimate of drug-likeness (QED) is 0.846. The van der Waals surface area contributed by atoms with Crippen LogP contribution in [0, 0.1) is 5.82 Å². The number of hydrogen-bond donors (Lipinski definition) is 1. The summed E-state index contributed by atoms with van der Waals surface area (Å²) in [4.78, 5) is 12.5. The van der Waals surface area contributed by atoms with E-state index < -0.39 is 23.4 Å². The molecule has 1 aromatic carbocycles. The van der Waals surface area contributed by atoms with E-state index in [1.54, 1.807) is 0 Å². The largest absolute Gasteiger partial charge is 0.492 e. The highest BCUT2D eigenvalue weighted by Gasteiger charge is 2.54. The lowest BCUT2D eigenvalue weighted by Gasteiger charge is -2.30. The average molecular weight is 308 g/mol. The maximum Gasteiger partial charge on any atom is 0.415 e. The van der Waals surface area contributed by atoms with E-state index in [0.29, 0.717) is 6.92 Å². The molecule has 118 valence electrons. The normalized spacial score (nSPS) is 14.4. The molecular formula is C13H16F4N2O2. The maximum absolute atomic E-state index is 12.9. The van der Waals surface area contributed by atoms with Crippen LogP contribution in [0.1, 0.15) is 6.92 Å². The molecule has 1 rings (SSSR count). The number of halogens is 4. The van der Waals surface area contributed by atoms with Crippen LogP contribution in [0.3, 0.4) is 0 Å². The first-order valence-electron chi connectivity index (χ1n) is 6.05. The van der Waals surface area contributed by atoms with Crippen LogP contribution in [0.15, 0.2) is 24.3 Å². The molecule has 0 fully saturated rings. The number of hydrogen-bond acceptors (Lipinski definition) is 3. The fraction of sp³-hybridized carbons (Fsp3) is 0.462. The molecule has 0 saturated carbocycles. The van der Waals surface area contributed by atoms with Gasteiger partial charge in [-0.05, 0) is 19.1 Å². The summed E-state index contributed by atoms with van der Waals surface area (Å²) >= 11 is 0. The number of carbonyl (C=O) groups excluding carboxylic acids is 1. The van der Waals surface area contributed by atoms with E-state index >= 15 is 0 Å². The zero-order valence-electron chi connectivity index (χ0n) is 11.6. The third-order valence-corrected chi connectivity index (χ3v) is 2.87. The molecule has 0 aromatic heterocycles. The molecule has 0 saturated heterocycles. The lowest BCUT2D eigenvalue weighted by Crippen LogP contribution is -2.61. The smallest absolute Gasteiger partial charge is 0.415 e.